The van der Waals surface area contributed by atoms with Crippen LogP contribution in [0.5, 0.6) is 0 Å². The average molecular weight is 339 g/mol. The SMILES string of the molecule is Cc1c(F)cc(C(=O)O)cc1S(=O)(=O)NCCS(C)(=O)=O. The molecule has 0 unspecified atom stereocenters. The van der Waals surface area contributed by atoms with Crippen molar-refractivity contribution < 1.29 is 31.1 Å². The van der Waals surface area contributed by atoms with Crippen molar-refractivity contribution in [1.29, 1.82) is 0 Å². The second kappa shape index (κ2) is 6.08. The van der Waals surface area contributed by atoms with Crippen molar-refractivity contribution in [1.82, 2.24) is 4.72 Å². The van der Waals surface area contributed by atoms with Crippen LogP contribution in [0.2, 0.25) is 0 Å². The Kier molecular flexibility index (Phi) is 5.07. The molecule has 0 spiro atoms. The summed E-state index contributed by atoms with van der Waals surface area (Å²) in [5.74, 6) is -2.87. The van der Waals surface area contributed by atoms with Gasteiger partial charge in [-0.15, -0.1) is 0 Å². The number of hydrogen-bond acceptors (Lipinski definition) is 5. The standard InChI is InChI=1S/C11H14FNO6S2/c1-7-9(12)5-8(11(14)15)6-10(7)21(18,19)13-3-4-20(2,16)17/h5-6,13H,3-4H2,1-2H3,(H,14,15). The molecule has 1 aromatic carbocycles. The molecular formula is C11H14FNO6S2. The summed E-state index contributed by atoms with van der Waals surface area (Å²) in [6.07, 6.45) is 0.942. The number of sulfonamides is 1. The Morgan fingerprint density at radius 3 is 2.33 bits per heavy atom. The number of halogens is 1. The Hall–Kier alpha value is -1.52. The molecule has 0 fully saturated rings. The van der Waals surface area contributed by atoms with Gasteiger partial charge in [-0.2, -0.15) is 0 Å². The van der Waals surface area contributed by atoms with E-state index in [-0.39, 0.29) is 12.1 Å². The van der Waals surface area contributed by atoms with Crippen LogP contribution in [0, 0.1) is 12.7 Å². The minimum Gasteiger partial charge on any atom is -0.478 e. The number of rotatable bonds is 6. The van der Waals surface area contributed by atoms with Gasteiger partial charge in [0.25, 0.3) is 0 Å². The quantitative estimate of drug-likeness (QED) is 0.762. The summed E-state index contributed by atoms with van der Waals surface area (Å²) in [6.45, 7) is 0.797. The van der Waals surface area contributed by atoms with Crippen molar-refractivity contribution in [3.8, 4) is 0 Å². The first-order chi connectivity index (χ1) is 9.44. The van der Waals surface area contributed by atoms with Crippen molar-refractivity contribution in [2.24, 2.45) is 0 Å². The molecule has 1 aromatic rings. The number of sulfone groups is 1. The number of nitrogens with one attached hydrogen (secondary N) is 1. The largest absolute Gasteiger partial charge is 0.478 e. The molecule has 118 valence electrons. The molecule has 0 heterocycles. The summed E-state index contributed by atoms with van der Waals surface area (Å²) in [4.78, 5) is 10.3. The lowest BCUT2D eigenvalue weighted by molar-refractivity contribution is 0.0696. The molecule has 0 amide bonds. The number of hydrogen-bond donors (Lipinski definition) is 2. The highest BCUT2D eigenvalue weighted by Gasteiger charge is 2.22. The zero-order valence-electron chi connectivity index (χ0n) is 11.3. The van der Waals surface area contributed by atoms with Crippen LogP contribution in [0.1, 0.15) is 15.9 Å². The molecule has 0 aliphatic carbocycles. The summed E-state index contributed by atoms with van der Waals surface area (Å²) in [7, 11) is -7.57. The minimum atomic E-state index is -4.21. The minimum absolute atomic E-state index is 0.244. The van der Waals surface area contributed by atoms with E-state index >= 15 is 0 Å². The Balaban J connectivity index is 3.16. The molecule has 0 radical (unpaired) electrons. The van der Waals surface area contributed by atoms with Crippen LogP contribution in [-0.4, -0.2) is 46.5 Å². The molecule has 0 atom stereocenters. The van der Waals surface area contributed by atoms with Crippen LogP contribution in [0.25, 0.3) is 0 Å². The van der Waals surface area contributed by atoms with E-state index in [4.69, 9.17) is 5.11 Å². The van der Waals surface area contributed by atoms with Crippen molar-refractivity contribution >= 4 is 25.8 Å². The Morgan fingerprint density at radius 1 is 1.29 bits per heavy atom. The van der Waals surface area contributed by atoms with Gasteiger partial charge in [-0.1, -0.05) is 0 Å². The molecule has 21 heavy (non-hydrogen) atoms. The first kappa shape index (κ1) is 17.5. The van der Waals surface area contributed by atoms with E-state index in [1.165, 1.54) is 6.92 Å². The Bertz CT molecular complexity index is 770. The van der Waals surface area contributed by atoms with E-state index in [1.807, 2.05) is 4.72 Å². The highest BCUT2D eigenvalue weighted by Crippen LogP contribution is 2.20. The lowest BCUT2D eigenvalue weighted by Crippen LogP contribution is -2.29. The highest BCUT2D eigenvalue weighted by atomic mass is 32.2. The van der Waals surface area contributed by atoms with Gasteiger partial charge < -0.3 is 5.11 Å². The number of carbonyl (C=O) groups is 1. The fourth-order valence-corrected chi connectivity index (χ4v) is 3.41. The fraction of sp³-hybridized carbons (Fsp3) is 0.364. The zero-order valence-corrected chi connectivity index (χ0v) is 12.9. The first-order valence-corrected chi connectivity index (χ1v) is 9.19. The molecule has 0 aliphatic rings. The van der Waals surface area contributed by atoms with Gasteiger partial charge in [-0.25, -0.2) is 30.7 Å². The van der Waals surface area contributed by atoms with Crippen molar-refractivity contribution in [2.75, 3.05) is 18.6 Å². The van der Waals surface area contributed by atoms with E-state index < -0.39 is 47.9 Å². The first-order valence-electron chi connectivity index (χ1n) is 5.65. The lowest BCUT2D eigenvalue weighted by Gasteiger charge is -2.10. The molecule has 0 aromatic heterocycles. The molecule has 0 saturated carbocycles. The zero-order chi connectivity index (χ0) is 16.4. The van der Waals surface area contributed by atoms with E-state index in [0.29, 0.717) is 6.07 Å². The highest BCUT2D eigenvalue weighted by molar-refractivity contribution is 7.91. The monoisotopic (exact) mass is 339 g/mol. The van der Waals surface area contributed by atoms with Crippen LogP contribution in [0.4, 0.5) is 4.39 Å². The maximum atomic E-state index is 13.6. The topological polar surface area (TPSA) is 118 Å². The van der Waals surface area contributed by atoms with Gasteiger partial charge >= 0.3 is 5.97 Å². The van der Waals surface area contributed by atoms with Gasteiger partial charge in [0.15, 0.2) is 0 Å². The molecule has 10 heteroatoms. The van der Waals surface area contributed by atoms with E-state index in [0.717, 1.165) is 12.3 Å². The Labute approximate surface area is 121 Å². The van der Waals surface area contributed by atoms with Gasteiger partial charge in [0.1, 0.15) is 15.7 Å². The van der Waals surface area contributed by atoms with Crippen molar-refractivity contribution in [2.45, 2.75) is 11.8 Å². The summed E-state index contributed by atoms with van der Waals surface area (Å²) in [5.41, 5.74) is -0.756. The maximum absolute atomic E-state index is 13.6. The number of aromatic carboxylic acids is 1. The third kappa shape index (κ3) is 4.76. The van der Waals surface area contributed by atoms with Gasteiger partial charge in [0.05, 0.1) is 16.2 Å². The van der Waals surface area contributed by atoms with E-state index in [2.05, 4.69) is 0 Å². The molecular weight excluding hydrogens is 325 g/mol. The molecule has 0 aliphatic heterocycles. The molecule has 1 rings (SSSR count). The van der Waals surface area contributed by atoms with Gasteiger partial charge in [0, 0.05) is 18.4 Å². The van der Waals surface area contributed by atoms with Crippen LogP contribution in [0.3, 0.4) is 0 Å². The normalized spacial score (nSPS) is 12.3. The Morgan fingerprint density at radius 2 is 1.86 bits per heavy atom. The summed E-state index contributed by atoms with van der Waals surface area (Å²) in [5, 5.41) is 8.81. The maximum Gasteiger partial charge on any atom is 0.335 e. The molecule has 0 saturated heterocycles. The van der Waals surface area contributed by atoms with Crippen LogP contribution >= 0.6 is 0 Å². The summed E-state index contributed by atoms with van der Waals surface area (Å²) < 4.78 is 61.5. The fourth-order valence-electron chi connectivity index (χ4n) is 1.50. The van der Waals surface area contributed by atoms with E-state index in [9.17, 15) is 26.0 Å². The average Bonchev–Trinajstić information content (AvgIpc) is 2.29. The second-order valence-electron chi connectivity index (χ2n) is 4.41. The lowest BCUT2D eigenvalue weighted by atomic mass is 10.1. The molecule has 0 bridgehead atoms. The van der Waals surface area contributed by atoms with Crippen LogP contribution < -0.4 is 4.72 Å². The number of benzene rings is 1. The second-order valence-corrected chi connectivity index (χ2v) is 8.41. The number of carboxylic acid groups (broad SMARTS) is 1. The van der Waals surface area contributed by atoms with Gasteiger partial charge in [-0.3, -0.25) is 0 Å². The van der Waals surface area contributed by atoms with Crippen molar-refractivity contribution in [3.05, 3.63) is 29.1 Å². The predicted octanol–water partition coefficient (Wildman–Crippen LogP) is 0.155. The van der Waals surface area contributed by atoms with Gasteiger partial charge in [-0.05, 0) is 19.1 Å². The molecule has 7 nitrogen and oxygen atoms in total. The third-order valence-electron chi connectivity index (χ3n) is 2.60. The van der Waals surface area contributed by atoms with Crippen LogP contribution in [0.15, 0.2) is 17.0 Å². The van der Waals surface area contributed by atoms with E-state index in [1.54, 1.807) is 0 Å². The van der Waals surface area contributed by atoms with Gasteiger partial charge in [0.2, 0.25) is 10.0 Å². The smallest absolute Gasteiger partial charge is 0.335 e. The predicted molar refractivity (Wildman–Crippen MR) is 73.0 cm³/mol. The van der Waals surface area contributed by atoms with Crippen molar-refractivity contribution in [3.63, 3.8) is 0 Å². The number of carboxylic acids is 1. The van der Waals surface area contributed by atoms with Crippen LogP contribution in [-0.2, 0) is 19.9 Å². The third-order valence-corrected chi connectivity index (χ3v) is 5.13. The molecule has 2 N–H and O–H groups in total. The summed E-state index contributed by atoms with van der Waals surface area (Å²) in [6, 6.07) is 1.54. The summed E-state index contributed by atoms with van der Waals surface area (Å²) >= 11 is 0.